The van der Waals surface area contributed by atoms with Gasteiger partial charge >= 0.3 is 0 Å². The van der Waals surface area contributed by atoms with Crippen LogP contribution in [0.15, 0.2) is 72.9 Å². The fourth-order valence-electron chi connectivity index (χ4n) is 5.25. The molecule has 4 aromatic rings. The lowest BCUT2D eigenvalue weighted by molar-refractivity contribution is 0.00786. The van der Waals surface area contributed by atoms with Crippen molar-refractivity contribution in [3.8, 4) is 11.1 Å². The van der Waals surface area contributed by atoms with Crippen molar-refractivity contribution in [2.45, 2.75) is 19.4 Å². The number of anilines is 1. The lowest BCUT2D eigenvalue weighted by Gasteiger charge is -2.53. The zero-order valence-corrected chi connectivity index (χ0v) is 19.0. The third-order valence-corrected chi connectivity index (χ3v) is 7.14. The van der Waals surface area contributed by atoms with E-state index >= 15 is 0 Å². The number of benzene rings is 3. The van der Waals surface area contributed by atoms with Crippen LogP contribution >= 0.6 is 0 Å². The van der Waals surface area contributed by atoms with Gasteiger partial charge in [0.15, 0.2) is 5.82 Å². The molecule has 0 N–H and O–H groups in total. The Kier molecular flexibility index (Phi) is 5.01. The van der Waals surface area contributed by atoms with Gasteiger partial charge in [0, 0.05) is 31.1 Å². The highest BCUT2D eigenvalue weighted by Crippen LogP contribution is 2.37. The van der Waals surface area contributed by atoms with Crippen LogP contribution in [0.3, 0.4) is 0 Å². The minimum Gasteiger partial charge on any atom is -0.353 e. The largest absolute Gasteiger partial charge is 0.353 e. The van der Waals surface area contributed by atoms with Crippen LogP contribution < -0.4 is 4.90 Å². The standard InChI is InChI=1S/C28H25FN4O/c1-18-10-11-21(19-6-3-2-4-7-19)22(14-18)28(34)33-16-20-12-13-32(17-25(20)33)26-15-30-27-23(29)8-5-9-24(27)31-26/h2-11,14-15,20,25H,12-13,16-17H2,1H3/t20-,25-/m1/s1. The van der Waals surface area contributed by atoms with E-state index in [4.69, 9.17) is 0 Å². The average molecular weight is 453 g/mol. The zero-order valence-electron chi connectivity index (χ0n) is 19.0. The molecule has 0 saturated carbocycles. The molecule has 0 radical (unpaired) electrons. The maximum Gasteiger partial charge on any atom is 0.254 e. The van der Waals surface area contributed by atoms with E-state index < -0.39 is 0 Å². The molecule has 2 atom stereocenters. The SMILES string of the molecule is Cc1ccc(-c2ccccc2)c(C(=O)N2C[C@H]3CCN(c4cnc5c(F)cccc5n4)C[C@H]32)c1. The fourth-order valence-corrected chi connectivity index (χ4v) is 5.25. The van der Waals surface area contributed by atoms with Crippen molar-refractivity contribution in [1.82, 2.24) is 14.9 Å². The molecule has 0 unspecified atom stereocenters. The van der Waals surface area contributed by atoms with Gasteiger partial charge in [-0.2, -0.15) is 0 Å². The Hall–Kier alpha value is -3.80. The Morgan fingerprint density at radius 1 is 1.03 bits per heavy atom. The first kappa shape index (κ1) is 20.8. The molecular formula is C28H25FN4O. The molecule has 0 bridgehead atoms. The van der Waals surface area contributed by atoms with Crippen LogP contribution in [0.2, 0.25) is 0 Å². The molecule has 6 rings (SSSR count). The van der Waals surface area contributed by atoms with Crippen molar-refractivity contribution < 1.29 is 9.18 Å². The lowest BCUT2D eigenvalue weighted by atomic mass is 9.81. The molecule has 34 heavy (non-hydrogen) atoms. The summed E-state index contributed by atoms with van der Waals surface area (Å²) in [7, 11) is 0. The van der Waals surface area contributed by atoms with Crippen molar-refractivity contribution in [2.24, 2.45) is 5.92 Å². The third-order valence-electron chi connectivity index (χ3n) is 7.14. The zero-order chi connectivity index (χ0) is 23.2. The first-order valence-corrected chi connectivity index (χ1v) is 11.7. The maximum atomic E-state index is 14.0. The highest BCUT2D eigenvalue weighted by Gasteiger charge is 2.45. The number of hydrogen-bond acceptors (Lipinski definition) is 4. The van der Waals surface area contributed by atoms with Crippen molar-refractivity contribution in [3.63, 3.8) is 0 Å². The first-order valence-electron chi connectivity index (χ1n) is 11.7. The van der Waals surface area contributed by atoms with Gasteiger partial charge in [-0.3, -0.25) is 4.79 Å². The smallest absolute Gasteiger partial charge is 0.254 e. The van der Waals surface area contributed by atoms with Gasteiger partial charge in [0.25, 0.3) is 5.91 Å². The van der Waals surface area contributed by atoms with Crippen LogP contribution in [-0.2, 0) is 0 Å². The van der Waals surface area contributed by atoms with E-state index in [-0.39, 0.29) is 23.3 Å². The number of piperidine rings is 1. The molecule has 0 spiro atoms. The van der Waals surface area contributed by atoms with Gasteiger partial charge in [-0.25, -0.2) is 14.4 Å². The van der Waals surface area contributed by atoms with E-state index in [1.165, 1.54) is 6.07 Å². The Morgan fingerprint density at radius 2 is 1.88 bits per heavy atom. The number of likely N-dealkylation sites (tertiary alicyclic amines) is 1. The minimum atomic E-state index is -0.363. The van der Waals surface area contributed by atoms with Gasteiger partial charge in [0.1, 0.15) is 11.3 Å². The van der Waals surface area contributed by atoms with E-state index in [9.17, 15) is 9.18 Å². The van der Waals surface area contributed by atoms with Gasteiger partial charge in [0.2, 0.25) is 0 Å². The van der Waals surface area contributed by atoms with Crippen molar-refractivity contribution >= 4 is 22.8 Å². The predicted molar refractivity (Wildman–Crippen MR) is 131 cm³/mol. The molecule has 170 valence electrons. The number of fused-ring (bicyclic) bond motifs is 2. The number of carbonyl (C=O) groups excluding carboxylic acids is 1. The van der Waals surface area contributed by atoms with Crippen LogP contribution in [0.25, 0.3) is 22.2 Å². The van der Waals surface area contributed by atoms with Crippen molar-refractivity contribution in [3.05, 3.63) is 89.9 Å². The summed E-state index contributed by atoms with van der Waals surface area (Å²) in [6.07, 6.45) is 2.64. The average Bonchev–Trinajstić information content (AvgIpc) is 2.85. The Balaban J connectivity index is 1.27. The number of nitrogens with zero attached hydrogens (tertiary/aromatic N) is 4. The van der Waals surface area contributed by atoms with Crippen LogP contribution in [0.1, 0.15) is 22.3 Å². The van der Waals surface area contributed by atoms with E-state index in [2.05, 4.69) is 20.9 Å². The van der Waals surface area contributed by atoms with Crippen molar-refractivity contribution in [1.29, 1.82) is 0 Å². The molecule has 5 nitrogen and oxygen atoms in total. The van der Waals surface area contributed by atoms with Crippen LogP contribution in [0, 0.1) is 18.7 Å². The fraction of sp³-hybridized carbons (Fsp3) is 0.250. The Morgan fingerprint density at radius 3 is 2.74 bits per heavy atom. The van der Waals surface area contributed by atoms with E-state index in [0.717, 1.165) is 47.6 Å². The number of rotatable bonds is 3. The van der Waals surface area contributed by atoms with Crippen molar-refractivity contribution in [2.75, 3.05) is 24.5 Å². The van der Waals surface area contributed by atoms with Gasteiger partial charge in [-0.15, -0.1) is 0 Å². The number of para-hydroxylation sites is 1. The number of carbonyl (C=O) groups is 1. The quantitative estimate of drug-likeness (QED) is 0.434. The van der Waals surface area contributed by atoms with E-state index in [1.54, 1.807) is 18.3 Å². The third kappa shape index (κ3) is 3.50. The number of halogens is 1. The molecule has 2 saturated heterocycles. The van der Waals surface area contributed by atoms with Gasteiger partial charge in [-0.1, -0.05) is 54.1 Å². The number of aromatic nitrogens is 2. The van der Waals surface area contributed by atoms with Gasteiger partial charge in [0.05, 0.1) is 17.8 Å². The molecule has 2 aliphatic heterocycles. The second-order valence-corrected chi connectivity index (χ2v) is 9.27. The highest BCUT2D eigenvalue weighted by atomic mass is 19.1. The van der Waals surface area contributed by atoms with Crippen LogP contribution in [-0.4, -0.2) is 46.5 Å². The summed E-state index contributed by atoms with van der Waals surface area (Å²) in [6, 6.07) is 21.1. The Bertz CT molecular complexity index is 1390. The normalized spacial score (nSPS) is 19.6. The second-order valence-electron chi connectivity index (χ2n) is 9.27. The summed E-state index contributed by atoms with van der Waals surface area (Å²) < 4.78 is 14.0. The Labute approximate surface area is 197 Å². The van der Waals surface area contributed by atoms with Gasteiger partial charge in [-0.05, 0) is 42.7 Å². The minimum absolute atomic E-state index is 0.0809. The summed E-state index contributed by atoms with van der Waals surface area (Å²) in [6.45, 7) is 4.37. The second kappa shape index (κ2) is 8.20. The number of hydrogen-bond donors (Lipinski definition) is 0. The summed E-state index contributed by atoms with van der Waals surface area (Å²) in [5, 5.41) is 0. The highest BCUT2D eigenvalue weighted by molar-refractivity contribution is 6.01. The first-order chi connectivity index (χ1) is 16.6. The van der Waals surface area contributed by atoms with E-state index in [1.807, 2.05) is 54.3 Å². The summed E-state index contributed by atoms with van der Waals surface area (Å²) in [4.78, 5) is 26.9. The molecule has 6 heteroatoms. The maximum absolute atomic E-state index is 14.0. The summed E-state index contributed by atoms with van der Waals surface area (Å²) >= 11 is 0. The molecular weight excluding hydrogens is 427 g/mol. The summed E-state index contributed by atoms with van der Waals surface area (Å²) in [5.74, 6) is 0.947. The van der Waals surface area contributed by atoms with E-state index in [0.29, 0.717) is 18.0 Å². The molecule has 0 aliphatic carbocycles. The molecule has 1 aromatic heterocycles. The monoisotopic (exact) mass is 452 g/mol. The predicted octanol–water partition coefficient (Wildman–Crippen LogP) is 5.10. The number of aryl methyl sites for hydroxylation is 1. The lowest BCUT2D eigenvalue weighted by Crippen LogP contribution is -2.65. The molecule has 2 aliphatic rings. The molecule has 3 aromatic carbocycles. The van der Waals surface area contributed by atoms with Crippen LogP contribution in [0.4, 0.5) is 10.2 Å². The topological polar surface area (TPSA) is 49.3 Å². The molecule has 2 fully saturated rings. The number of amides is 1. The summed E-state index contributed by atoms with van der Waals surface area (Å²) in [5.41, 5.74) is 4.68. The molecule has 1 amide bonds. The van der Waals surface area contributed by atoms with Crippen LogP contribution in [0.5, 0.6) is 0 Å². The molecule has 3 heterocycles. The van der Waals surface area contributed by atoms with Gasteiger partial charge < -0.3 is 9.80 Å².